The highest BCUT2D eigenvalue weighted by Gasteiger charge is 2.22. The molecule has 1 amide bonds. The Morgan fingerprint density at radius 1 is 1.30 bits per heavy atom. The van der Waals surface area contributed by atoms with Crippen molar-refractivity contribution in [2.45, 2.75) is 13.0 Å². The van der Waals surface area contributed by atoms with E-state index in [1.807, 2.05) is 0 Å². The lowest BCUT2D eigenvalue weighted by atomic mass is 10.1. The molecular weight excluding hydrogens is 300 g/mol. The molecule has 2 N–H and O–H groups in total. The normalized spacial score (nSPS) is 12.0. The number of rotatable bonds is 6. The molecule has 2 rings (SSSR count). The largest absolute Gasteiger partial charge is 0.497 e. The highest BCUT2D eigenvalue weighted by atomic mass is 16.5. The van der Waals surface area contributed by atoms with Gasteiger partial charge in [-0.2, -0.15) is 0 Å². The summed E-state index contributed by atoms with van der Waals surface area (Å²) >= 11 is 0. The summed E-state index contributed by atoms with van der Waals surface area (Å²) in [5.74, 6) is -0.985. The summed E-state index contributed by atoms with van der Waals surface area (Å²) in [5.41, 5.74) is 1.53. The van der Waals surface area contributed by atoms with Crippen LogP contribution in [-0.4, -0.2) is 48.8 Å². The summed E-state index contributed by atoms with van der Waals surface area (Å²) in [4.78, 5) is 27.8. The van der Waals surface area contributed by atoms with Gasteiger partial charge < -0.3 is 19.9 Å². The van der Waals surface area contributed by atoms with E-state index in [2.05, 4.69) is 10.3 Å². The van der Waals surface area contributed by atoms with E-state index in [0.29, 0.717) is 22.5 Å². The Labute approximate surface area is 133 Å². The van der Waals surface area contributed by atoms with E-state index in [0.717, 1.165) is 5.39 Å². The molecule has 1 unspecified atom stereocenters. The third-order valence-electron chi connectivity index (χ3n) is 3.40. The molecule has 0 aliphatic rings. The quantitative estimate of drug-likeness (QED) is 0.835. The molecule has 0 aliphatic carbocycles. The molecule has 122 valence electrons. The Balaban J connectivity index is 2.33. The average Bonchev–Trinajstić information content (AvgIpc) is 2.52. The van der Waals surface area contributed by atoms with E-state index >= 15 is 0 Å². The number of carboxylic acids is 1. The predicted octanol–water partition coefficient (Wildman–Crippen LogP) is 1.38. The highest BCUT2D eigenvalue weighted by Crippen LogP contribution is 2.21. The van der Waals surface area contributed by atoms with Gasteiger partial charge in [-0.25, -0.2) is 4.79 Å². The summed E-state index contributed by atoms with van der Waals surface area (Å²) in [5, 5.41) is 12.3. The second-order valence-corrected chi connectivity index (χ2v) is 5.00. The van der Waals surface area contributed by atoms with Gasteiger partial charge in [0.25, 0.3) is 5.91 Å². The number of nitrogens with one attached hydrogen (secondary N) is 1. The molecule has 0 bridgehead atoms. The van der Waals surface area contributed by atoms with Crippen LogP contribution in [0.4, 0.5) is 0 Å². The maximum Gasteiger partial charge on any atom is 0.328 e. The maximum absolute atomic E-state index is 12.3. The van der Waals surface area contributed by atoms with Crippen LogP contribution in [0.1, 0.15) is 16.1 Å². The summed E-state index contributed by atoms with van der Waals surface area (Å²) in [6.07, 6.45) is 0. The number of hydrogen-bond acceptors (Lipinski definition) is 5. The van der Waals surface area contributed by atoms with Crippen molar-refractivity contribution < 1.29 is 24.2 Å². The molecule has 0 saturated carbocycles. The zero-order valence-electron chi connectivity index (χ0n) is 13.1. The molecule has 0 fully saturated rings. The standard InChI is InChI=1S/C16H18N2O5/c1-9-12(15(19)18-14(8-22-2)16(20)21)6-10-4-5-11(23-3)7-13(10)17-9/h4-7,14H,8H2,1-3H3,(H,18,19)(H,20,21). The van der Waals surface area contributed by atoms with Crippen LogP contribution in [-0.2, 0) is 9.53 Å². The number of nitrogens with zero attached hydrogens (tertiary/aromatic N) is 1. The van der Waals surface area contributed by atoms with E-state index in [4.69, 9.17) is 14.6 Å². The van der Waals surface area contributed by atoms with Crippen LogP contribution >= 0.6 is 0 Å². The fourth-order valence-corrected chi connectivity index (χ4v) is 2.18. The van der Waals surface area contributed by atoms with Crippen LogP contribution in [0.25, 0.3) is 10.9 Å². The Bertz CT molecular complexity index is 745. The van der Waals surface area contributed by atoms with E-state index < -0.39 is 17.9 Å². The molecule has 0 radical (unpaired) electrons. The van der Waals surface area contributed by atoms with Gasteiger partial charge in [-0.3, -0.25) is 9.78 Å². The number of carbonyl (C=O) groups is 2. The Kier molecular flexibility index (Phi) is 5.13. The minimum absolute atomic E-state index is 0.113. The maximum atomic E-state index is 12.3. The molecule has 0 aliphatic heterocycles. The fraction of sp³-hybridized carbons (Fsp3) is 0.312. The number of aryl methyl sites for hydroxylation is 1. The van der Waals surface area contributed by atoms with Crippen molar-refractivity contribution in [1.82, 2.24) is 10.3 Å². The summed E-state index contributed by atoms with van der Waals surface area (Å²) < 4.78 is 9.95. The number of benzene rings is 1. The zero-order chi connectivity index (χ0) is 17.0. The van der Waals surface area contributed by atoms with Gasteiger partial charge in [0.15, 0.2) is 6.04 Å². The summed E-state index contributed by atoms with van der Waals surface area (Å²) in [6, 6.07) is 5.90. The van der Waals surface area contributed by atoms with Crippen LogP contribution in [0, 0.1) is 6.92 Å². The molecule has 1 aromatic heterocycles. The molecule has 7 nitrogen and oxygen atoms in total. The van der Waals surface area contributed by atoms with Gasteiger partial charge in [0, 0.05) is 18.6 Å². The number of amides is 1. The number of carboxylic acid groups (broad SMARTS) is 1. The first-order chi connectivity index (χ1) is 11.0. The fourth-order valence-electron chi connectivity index (χ4n) is 2.18. The van der Waals surface area contributed by atoms with Crippen LogP contribution in [0.15, 0.2) is 24.3 Å². The third-order valence-corrected chi connectivity index (χ3v) is 3.40. The lowest BCUT2D eigenvalue weighted by molar-refractivity contribution is -0.140. The van der Waals surface area contributed by atoms with Gasteiger partial charge in [0.1, 0.15) is 5.75 Å². The number of methoxy groups -OCH3 is 2. The number of aromatic nitrogens is 1. The van der Waals surface area contributed by atoms with Crippen LogP contribution in [0.5, 0.6) is 5.75 Å². The van der Waals surface area contributed by atoms with Crippen molar-refractivity contribution in [2.24, 2.45) is 0 Å². The van der Waals surface area contributed by atoms with E-state index in [-0.39, 0.29) is 6.61 Å². The second kappa shape index (κ2) is 7.06. The van der Waals surface area contributed by atoms with Gasteiger partial charge in [-0.1, -0.05) is 0 Å². The first kappa shape index (κ1) is 16.7. The van der Waals surface area contributed by atoms with Crippen molar-refractivity contribution >= 4 is 22.8 Å². The Hall–Kier alpha value is -2.67. The Morgan fingerprint density at radius 2 is 2.04 bits per heavy atom. The predicted molar refractivity (Wildman–Crippen MR) is 83.8 cm³/mol. The van der Waals surface area contributed by atoms with Gasteiger partial charge in [-0.15, -0.1) is 0 Å². The molecule has 1 aromatic carbocycles. The number of carbonyl (C=O) groups excluding carboxylic acids is 1. The van der Waals surface area contributed by atoms with Gasteiger partial charge in [-0.05, 0) is 25.1 Å². The molecular formula is C16H18N2O5. The minimum Gasteiger partial charge on any atom is -0.497 e. The average molecular weight is 318 g/mol. The second-order valence-electron chi connectivity index (χ2n) is 5.00. The molecule has 23 heavy (non-hydrogen) atoms. The Morgan fingerprint density at radius 3 is 2.65 bits per heavy atom. The summed E-state index contributed by atoms with van der Waals surface area (Å²) in [6.45, 7) is 1.58. The van der Waals surface area contributed by atoms with Crippen molar-refractivity contribution in [3.05, 3.63) is 35.5 Å². The van der Waals surface area contributed by atoms with Crippen molar-refractivity contribution in [1.29, 1.82) is 0 Å². The first-order valence-electron chi connectivity index (χ1n) is 6.94. The number of fused-ring (bicyclic) bond motifs is 1. The third kappa shape index (κ3) is 3.75. The van der Waals surface area contributed by atoms with Crippen molar-refractivity contribution in [2.75, 3.05) is 20.8 Å². The number of aliphatic carboxylic acids is 1. The SMILES string of the molecule is COCC(NC(=O)c1cc2ccc(OC)cc2nc1C)C(=O)O. The number of hydrogen-bond donors (Lipinski definition) is 2. The molecule has 7 heteroatoms. The minimum atomic E-state index is -1.16. The molecule has 0 saturated heterocycles. The van der Waals surface area contributed by atoms with Gasteiger partial charge in [0.2, 0.25) is 0 Å². The van der Waals surface area contributed by atoms with Crippen molar-refractivity contribution in [3.63, 3.8) is 0 Å². The van der Waals surface area contributed by atoms with E-state index in [1.165, 1.54) is 7.11 Å². The molecule has 1 heterocycles. The van der Waals surface area contributed by atoms with Crippen LogP contribution in [0.2, 0.25) is 0 Å². The van der Waals surface area contributed by atoms with Gasteiger partial charge in [0.05, 0.1) is 30.5 Å². The molecule has 2 aromatic rings. The number of ether oxygens (including phenoxy) is 2. The first-order valence-corrected chi connectivity index (χ1v) is 6.94. The van der Waals surface area contributed by atoms with Crippen molar-refractivity contribution in [3.8, 4) is 5.75 Å². The lowest BCUT2D eigenvalue weighted by Crippen LogP contribution is -2.44. The zero-order valence-corrected chi connectivity index (χ0v) is 13.1. The topological polar surface area (TPSA) is 97.8 Å². The van der Waals surface area contributed by atoms with Gasteiger partial charge >= 0.3 is 5.97 Å². The smallest absolute Gasteiger partial charge is 0.328 e. The molecule has 1 atom stereocenters. The monoisotopic (exact) mass is 318 g/mol. The number of pyridine rings is 1. The van der Waals surface area contributed by atoms with E-state index in [9.17, 15) is 9.59 Å². The van der Waals surface area contributed by atoms with E-state index in [1.54, 1.807) is 38.3 Å². The molecule has 0 spiro atoms. The highest BCUT2D eigenvalue weighted by molar-refractivity contribution is 6.00. The lowest BCUT2D eigenvalue weighted by Gasteiger charge is -2.14. The summed E-state index contributed by atoms with van der Waals surface area (Å²) in [7, 11) is 2.94. The van der Waals surface area contributed by atoms with Crippen LogP contribution in [0.3, 0.4) is 0 Å². The van der Waals surface area contributed by atoms with Crippen LogP contribution < -0.4 is 10.1 Å².